The second kappa shape index (κ2) is 6.05. The molecule has 100 valence electrons. The lowest BCUT2D eigenvalue weighted by atomic mass is 10.1. The van der Waals surface area contributed by atoms with Crippen molar-refractivity contribution in [2.24, 2.45) is 5.92 Å². The van der Waals surface area contributed by atoms with E-state index in [1.165, 1.54) is 32.5 Å². The lowest BCUT2D eigenvalue weighted by Crippen LogP contribution is -2.29. The molecule has 3 N–H and O–H groups in total. The van der Waals surface area contributed by atoms with Gasteiger partial charge in [-0.15, -0.1) is 0 Å². The number of aromatic nitrogens is 1. The molecule has 1 aliphatic heterocycles. The first-order chi connectivity index (χ1) is 8.65. The summed E-state index contributed by atoms with van der Waals surface area (Å²) >= 11 is 0. The van der Waals surface area contributed by atoms with E-state index in [4.69, 9.17) is 5.73 Å². The van der Waals surface area contributed by atoms with Gasteiger partial charge < -0.3 is 16.0 Å². The molecule has 0 spiro atoms. The van der Waals surface area contributed by atoms with Crippen LogP contribution in [0.3, 0.4) is 0 Å². The Labute approximate surface area is 110 Å². The lowest BCUT2D eigenvalue weighted by Gasteiger charge is -2.21. The molecule has 1 aliphatic rings. The van der Waals surface area contributed by atoms with Crippen molar-refractivity contribution in [3.8, 4) is 0 Å². The highest BCUT2D eigenvalue weighted by atomic mass is 15.1. The fraction of sp³-hybridized carbons (Fsp3) is 0.643. The minimum absolute atomic E-state index is 0.641. The number of nitrogens with two attached hydrogens (primary N) is 1. The molecular weight excluding hydrogens is 224 g/mol. The fourth-order valence-corrected chi connectivity index (χ4v) is 2.52. The molecule has 1 aromatic heterocycles. The Hall–Kier alpha value is -1.29. The Morgan fingerprint density at radius 1 is 1.44 bits per heavy atom. The molecule has 0 aliphatic carbocycles. The van der Waals surface area contributed by atoms with Crippen LogP contribution in [0.4, 0.5) is 11.5 Å². The Kier molecular flexibility index (Phi) is 4.42. The minimum atomic E-state index is 0.641. The van der Waals surface area contributed by atoms with E-state index in [9.17, 15) is 0 Å². The molecule has 2 heterocycles. The van der Waals surface area contributed by atoms with E-state index < -0.39 is 0 Å². The molecule has 0 aromatic carbocycles. The van der Waals surface area contributed by atoms with Gasteiger partial charge in [0.15, 0.2) is 0 Å². The first-order valence-electron chi connectivity index (χ1n) is 6.83. The third-order valence-corrected chi connectivity index (χ3v) is 3.49. The first kappa shape index (κ1) is 13.1. The van der Waals surface area contributed by atoms with Crippen molar-refractivity contribution in [1.82, 2.24) is 9.88 Å². The third-order valence-electron chi connectivity index (χ3n) is 3.49. The molecule has 18 heavy (non-hydrogen) atoms. The van der Waals surface area contributed by atoms with Crippen LogP contribution in [-0.4, -0.2) is 36.1 Å². The predicted molar refractivity (Wildman–Crippen MR) is 76.7 cm³/mol. The SMILES string of the molecule is Cc1cc(N)cnc1NCC(C)CN1CCCC1. The zero-order valence-corrected chi connectivity index (χ0v) is 11.4. The van der Waals surface area contributed by atoms with E-state index in [1.807, 2.05) is 13.0 Å². The van der Waals surface area contributed by atoms with E-state index in [0.29, 0.717) is 5.92 Å². The summed E-state index contributed by atoms with van der Waals surface area (Å²) in [6.07, 6.45) is 4.43. The molecule has 4 nitrogen and oxygen atoms in total. The standard InChI is InChI=1S/C14H24N4/c1-11(10-18-5-3-4-6-18)8-16-14-12(2)7-13(15)9-17-14/h7,9,11H,3-6,8,10,15H2,1-2H3,(H,16,17). The summed E-state index contributed by atoms with van der Waals surface area (Å²) in [7, 11) is 0. The van der Waals surface area contributed by atoms with E-state index in [2.05, 4.69) is 22.1 Å². The van der Waals surface area contributed by atoms with Crippen molar-refractivity contribution >= 4 is 11.5 Å². The van der Waals surface area contributed by atoms with Gasteiger partial charge in [0.2, 0.25) is 0 Å². The monoisotopic (exact) mass is 248 g/mol. The van der Waals surface area contributed by atoms with E-state index >= 15 is 0 Å². The van der Waals surface area contributed by atoms with Gasteiger partial charge in [0.1, 0.15) is 5.82 Å². The summed E-state index contributed by atoms with van der Waals surface area (Å²) in [6.45, 7) is 9.01. The molecule has 2 rings (SSSR count). The van der Waals surface area contributed by atoms with Crippen LogP contribution in [0.2, 0.25) is 0 Å². The number of pyridine rings is 1. The Balaban J connectivity index is 1.79. The molecule has 0 bridgehead atoms. The van der Waals surface area contributed by atoms with Crippen molar-refractivity contribution in [3.63, 3.8) is 0 Å². The van der Waals surface area contributed by atoms with Crippen molar-refractivity contribution in [2.75, 3.05) is 37.2 Å². The first-order valence-corrected chi connectivity index (χ1v) is 6.83. The molecular formula is C14H24N4. The molecule has 1 saturated heterocycles. The van der Waals surface area contributed by atoms with Gasteiger partial charge in [0.25, 0.3) is 0 Å². The van der Waals surface area contributed by atoms with Crippen molar-refractivity contribution in [1.29, 1.82) is 0 Å². The maximum Gasteiger partial charge on any atom is 0.129 e. The van der Waals surface area contributed by atoms with Gasteiger partial charge >= 0.3 is 0 Å². The van der Waals surface area contributed by atoms with Gasteiger partial charge in [-0.3, -0.25) is 0 Å². The maximum absolute atomic E-state index is 5.70. The van der Waals surface area contributed by atoms with Crippen LogP contribution in [0.25, 0.3) is 0 Å². The molecule has 1 unspecified atom stereocenters. The molecule has 0 amide bonds. The third kappa shape index (κ3) is 3.60. The molecule has 1 atom stereocenters. The van der Waals surface area contributed by atoms with Gasteiger partial charge in [-0.1, -0.05) is 6.92 Å². The van der Waals surface area contributed by atoms with Crippen LogP contribution < -0.4 is 11.1 Å². The average molecular weight is 248 g/mol. The number of nitrogens with zero attached hydrogens (tertiary/aromatic N) is 2. The van der Waals surface area contributed by atoms with Crippen LogP contribution in [0.15, 0.2) is 12.3 Å². The summed E-state index contributed by atoms with van der Waals surface area (Å²) in [5.74, 6) is 1.60. The number of aryl methyl sites for hydroxylation is 1. The average Bonchev–Trinajstić information content (AvgIpc) is 2.80. The molecule has 1 aromatic rings. The van der Waals surface area contributed by atoms with Gasteiger partial charge in [-0.05, 0) is 50.4 Å². The lowest BCUT2D eigenvalue weighted by molar-refractivity contribution is 0.294. The summed E-state index contributed by atoms with van der Waals surface area (Å²) < 4.78 is 0. The number of hydrogen-bond acceptors (Lipinski definition) is 4. The van der Waals surface area contributed by atoms with Crippen LogP contribution in [0, 0.1) is 12.8 Å². The quantitative estimate of drug-likeness (QED) is 0.838. The fourth-order valence-electron chi connectivity index (χ4n) is 2.52. The largest absolute Gasteiger partial charge is 0.397 e. The number of nitrogens with one attached hydrogen (secondary N) is 1. The number of anilines is 2. The van der Waals surface area contributed by atoms with Crippen molar-refractivity contribution in [3.05, 3.63) is 17.8 Å². The predicted octanol–water partition coefficient (Wildman–Crippen LogP) is 2.12. The second-order valence-electron chi connectivity index (χ2n) is 5.43. The molecule has 4 heteroatoms. The van der Waals surface area contributed by atoms with Crippen molar-refractivity contribution < 1.29 is 0 Å². The van der Waals surface area contributed by atoms with Crippen LogP contribution in [-0.2, 0) is 0 Å². The van der Waals surface area contributed by atoms with Gasteiger partial charge in [-0.25, -0.2) is 4.98 Å². The van der Waals surface area contributed by atoms with E-state index in [0.717, 1.165) is 23.6 Å². The van der Waals surface area contributed by atoms with E-state index in [1.54, 1.807) is 6.20 Å². The molecule has 1 fully saturated rings. The normalized spacial score (nSPS) is 17.9. The molecule has 0 saturated carbocycles. The topological polar surface area (TPSA) is 54.2 Å². The maximum atomic E-state index is 5.70. The minimum Gasteiger partial charge on any atom is -0.397 e. The zero-order chi connectivity index (χ0) is 13.0. The van der Waals surface area contributed by atoms with Crippen molar-refractivity contribution in [2.45, 2.75) is 26.7 Å². The van der Waals surface area contributed by atoms with Crippen LogP contribution in [0.5, 0.6) is 0 Å². The highest BCUT2D eigenvalue weighted by Crippen LogP contribution is 2.15. The summed E-state index contributed by atoms with van der Waals surface area (Å²) in [6, 6.07) is 1.96. The van der Waals surface area contributed by atoms with Gasteiger partial charge in [0.05, 0.1) is 11.9 Å². The smallest absolute Gasteiger partial charge is 0.129 e. The van der Waals surface area contributed by atoms with Gasteiger partial charge in [-0.2, -0.15) is 0 Å². The van der Waals surface area contributed by atoms with Crippen LogP contribution in [0.1, 0.15) is 25.3 Å². The number of likely N-dealkylation sites (tertiary alicyclic amines) is 1. The van der Waals surface area contributed by atoms with Gasteiger partial charge in [0, 0.05) is 13.1 Å². The Bertz CT molecular complexity index is 385. The summed E-state index contributed by atoms with van der Waals surface area (Å²) in [4.78, 5) is 6.88. The summed E-state index contributed by atoms with van der Waals surface area (Å²) in [5, 5.41) is 3.42. The Morgan fingerprint density at radius 2 is 2.17 bits per heavy atom. The Morgan fingerprint density at radius 3 is 2.83 bits per heavy atom. The summed E-state index contributed by atoms with van der Waals surface area (Å²) in [5.41, 5.74) is 7.53. The molecule has 0 radical (unpaired) electrons. The highest BCUT2D eigenvalue weighted by molar-refractivity contribution is 5.50. The van der Waals surface area contributed by atoms with E-state index in [-0.39, 0.29) is 0 Å². The number of hydrogen-bond donors (Lipinski definition) is 2. The second-order valence-corrected chi connectivity index (χ2v) is 5.43. The number of nitrogen functional groups attached to an aromatic ring is 1. The highest BCUT2D eigenvalue weighted by Gasteiger charge is 2.14. The number of rotatable bonds is 5. The zero-order valence-electron chi connectivity index (χ0n) is 11.4. The van der Waals surface area contributed by atoms with Crippen LogP contribution >= 0.6 is 0 Å².